The summed E-state index contributed by atoms with van der Waals surface area (Å²) in [7, 11) is 0. The Kier molecular flexibility index (Phi) is 5.90. The van der Waals surface area contributed by atoms with Crippen molar-refractivity contribution in [1.82, 2.24) is 14.7 Å². The monoisotopic (exact) mass is 327 g/mol. The van der Waals surface area contributed by atoms with Crippen LogP contribution in [-0.2, 0) is 25.8 Å². The molecule has 0 atom stereocenters. The molecule has 0 aromatic carbocycles. The lowest BCUT2D eigenvalue weighted by atomic mass is 10.1. The van der Waals surface area contributed by atoms with Gasteiger partial charge in [0.05, 0.1) is 12.2 Å². The Morgan fingerprint density at radius 1 is 1.29 bits per heavy atom. The summed E-state index contributed by atoms with van der Waals surface area (Å²) >= 11 is 0. The van der Waals surface area contributed by atoms with Crippen LogP contribution in [-0.4, -0.2) is 14.7 Å². The molecular weight excluding hydrogens is 302 g/mol. The molecule has 0 fully saturated rings. The zero-order valence-electron chi connectivity index (χ0n) is 14.9. The van der Waals surface area contributed by atoms with E-state index in [4.69, 9.17) is 4.52 Å². The normalized spacial score (nSPS) is 11.8. The van der Waals surface area contributed by atoms with Crippen LogP contribution >= 0.6 is 0 Å². The van der Waals surface area contributed by atoms with Crippen LogP contribution in [0.15, 0.2) is 34.1 Å². The van der Waals surface area contributed by atoms with E-state index in [0.29, 0.717) is 30.8 Å². The van der Waals surface area contributed by atoms with E-state index in [1.807, 2.05) is 39.8 Å². The van der Waals surface area contributed by atoms with Crippen molar-refractivity contribution in [2.75, 3.05) is 0 Å². The third-order valence-electron chi connectivity index (χ3n) is 4.13. The van der Waals surface area contributed by atoms with Crippen LogP contribution in [0, 0.1) is 0 Å². The second-order valence-electron chi connectivity index (χ2n) is 5.54. The molecule has 5 nitrogen and oxygen atoms in total. The SMILES string of the molecule is C=C/C(=C\C)c1cc(Cn2c(CC)nc(CC)c(CC)c2=O)no1. The molecule has 2 aromatic rings. The number of nitrogens with zero attached hydrogens (tertiary/aromatic N) is 3. The Morgan fingerprint density at radius 2 is 2.04 bits per heavy atom. The average Bonchev–Trinajstić information content (AvgIpc) is 3.05. The number of allylic oxidation sites excluding steroid dienone is 3. The average molecular weight is 327 g/mol. The first-order chi connectivity index (χ1) is 11.6. The van der Waals surface area contributed by atoms with E-state index in [0.717, 1.165) is 29.1 Å². The summed E-state index contributed by atoms with van der Waals surface area (Å²) in [5.41, 5.74) is 3.31. The molecule has 2 heterocycles. The van der Waals surface area contributed by atoms with Crippen molar-refractivity contribution in [1.29, 1.82) is 0 Å². The molecule has 24 heavy (non-hydrogen) atoms. The van der Waals surface area contributed by atoms with Crippen LogP contribution in [0.4, 0.5) is 0 Å². The number of hydrogen-bond donors (Lipinski definition) is 0. The van der Waals surface area contributed by atoms with Gasteiger partial charge in [-0.05, 0) is 19.8 Å². The summed E-state index contributed by atoms with van der Waals surface area (Å²) in [6, 6.07) is 1.85. The Hall–Kier alpha value is -2.43. The molecule has 0 bridgehead atoms. The van der Waals surface area contributed by atoms with Gasteiger partial charge in [-0.25, -0.2) is 4.98 Å². The Labute approximate surface area is 142 Å². The summed E-state index contributed by atoms with van der Waals surface area (Å²) in [6.07, 6.45) is 5.78. The van der Waals surface area contributed by atoms with Gasteiger partial charge in [0.2, 0.25) is 0 Å². The van der Waals surface area contributed by atoms with Crippen LogP contribution in [0.2, 0.25) is 0 Å². The summed E-state index contributed by atoms with van der Waals surface area (Å²) in [6.45, 7) is 12.1. The third-order valence-corrected chi connectivity index (χ3v) is 4.13. The topological polar surface area (TPSA) is 60.9 Å². The van der Waals surface area contributed by atoms with Gasteiger partial charge in [0, 0.05) is 23.6 Å². The van der Waals surface area contributed by atoms with Crippen molar-refractivity contribution in [3.8, 4) is 0 Å². The Bertz CT molecular complexity index is 813. The zero-order chi connectivity index (χ0) is 17.7. The fourth-order valence-corrected chi connectivity index (χ4v) is 2.81. The van der Waals surface area contributed by atoms with Gasteiger partial charge in [-0.1, -0.05) is 44.7 Å². The zero-order valence-corrected chi connectivity index (χ0v) is 14.9. The van der Waals surface area contributed by atoms with Crippen LogP contribution in [0.25, 0.3) is 5.57 Å². The number of rotatable bonds is 7. The van der Waals surface area contributed by atoms with Crippen LogP contribution in [0.1, 0.15) is 56.2 Å². The minimum Gasteiger partial charge on any atom is -0.356 e. The van der Waals surface area contributed by atoms with Crippen LogP contribution < -0.4 is 5.56 Å². The van der Waals surface area contributed by atoms with Gasteiger partial charge < -0.3 is 4.52 Å². The molecule has 5 heteroatoms. The summed E-state index contributed by atoms with van der Waals surface area (Å²) < 4.78 is 7.08. The molecule has 128 valence electrons. The second-order valence-corrected chi connectivity index (χ2v) is 5.54. The lowest BCUT2D eigenvalue weighted by Crippen LogP contribution is -2.30. The van der Waals surface area contributed by atoms with E-state index in [1.165, 1.54) is 0 Å². The largest absolute Gasteiger partial charge is 0.356 e. The van der Waals surface area contributed by atoms with Crippen molar-refractivity contribution >= 4 is 5.57 Å². The predicted molar refractivity (Wildman–Crippen MR) is 96.1 cm³/mol. The summed E-state index contributed by atoms with van der Waals surface area (Å²) in [5, 5.41) is 4.09. The Balaban J connectivity index is 2.46. The second kappa shape index (κ2) is 7.90. The highest BCUT2D eigenvalue weighted by Crippen LogP contribution is 2.17. The van der Waals surface area contributed by atoms with Gasteiger partial charge in [0.1, 0.15) is 11.5 Å². The predicted octanol–water partition coefficient (Wildman–Crippen LogP) is 3.56. The first-order valence-corrected chi connectivity index (χ1v) is 8.45. The number of aryl methyl sites for hydroxylation is 2. The van der Waals surface area contributed by atoms with Crippen molar-refractivity contribution in [2.45, 2.75) is 53.5 Å². The van der Waals surface area contributed by atoms with Crippen molar-refractivity contribution in [3.63, 3.8) is 0 Å². The third kappa shape index (κ3) is 3.40. The summed E-state index contributed by atoms with van der Waals surface area (Å²) in [4.78, 5) is 17.5. The van der Waals surface area contributed by atoms with Gasteiger partial charge in [-0.2, -0.15) is 0 Å². The standard InChI is InChI=1S/C19H25N3O2/c1-6-13(7-2)17-11-14(21-24-17)12-22-18(10-5)20-16(9-4)15(8-3)19(22)23/h6-7,11H,1,8-10,12H2,2-5H3/b13-7+. The molecule has 0 saturated heterocycles. The molecule has 0 aliphatic rings. The molecule has 0 aliphatic carbocycles. The summed E-state index contributed by atoms with van der Waals surface area (Å²) in [5.74, 6) is 1.44. The quantitative estimate of drug-likeness (QED) is 0.730. The van der Waals surface area contributed by atoms with Gasteiger partial charge in [-0.15, -0.1) is 0 Å². The van der Waals surface area contributed by atoms with E-state index >= 15 is 0 Å². The highest BCUT2D eigenvalue weighted by Gasteiger charge is 2.15. The number of aromatic nitrogens is 3. The van der Waals surface area contributed by atoms with E-state index in [1.54, 1.807) is 10.6 Å². The minimum atomic E-state index is 0.0285. The van der Waals surface area contributed by atoms with Crippen molar-refractivity contribution in [3.05, 3.63) is 63.7 Å². The maximum Gasteiger partial charge on any atom is 0.257 e. The maximum absolute atomic E-state index is 12.9. The molecule has 0 aliphatic heterocycles. The molecule has 2 rings (SSSR count). The number of hydrogen-bond acceptors (Lipinski definition) is 4. The molecule has 0 radical (unpaired) electrons. The van der Waals surface area contributed by atoms with E-state index in [9.17, 15) is 4.79 Å². The first-order valence-electron chi connectivity index (χ1n) is 8.45. The van der Waals surface area contributed by atoms with Crippen molar-refractivity contribution < 1.29 is 4.52 Å². The molecule has 2 aromatic heterocycles. The van der Waals surface area contributed by atoms with Gasteiger partial charge in [0.15, 0.2) is 5.76 Å². The minimum absolute atomic E-state index is 0.0285. The maximum atomic E-state index is 12.9. The fraction of sp³-hybridized carbons (Fsp3) is 0.421. The van der Waals surface area contributed by atoms with Crippen LogP contribution in [0.5, 0.6) is 0 Å². The molecule has 0 spiro atoms. The molecule has 0 saturated carbocycles. The Morgan fingerprint density at radius 3 is 2.58 bits per heavy atom. The highest BCUT2D eigenvalue weighted by molar-refractivity contribution is 5.69. The van der Waals surface area contributed by atoms with Gasteiger partial charge in [-0.3, -0.25) is 9.36 Å². The lowest BCUT2D eigenvalue weighted by Gasteiger charge is -2.14. The van der Waals surface area contributed by atoms with E-state index in [-0.39, 0.29) is 5.56 Å². The van der Waals surface area contributed by atoms with E-state index in [2.05, 4.69) is 16.7 Å². The van der Waals surface area contributed by atoms with Crippen molar-refractivity contribution in [2.24, 2.45) is 0 Å². The van der Waals surface area contributed by atoms with Crippen LogP contribution in [0.3, 0.4) is 0 Å². The smallest absolute Gasteiger partial charge is 0.257 e. The van der Waals surface area contributed by atoms with Gasteiger partial charge in [0.25, 0.3) is 5.56 Å². The van der Waals surface area contributed by atoms with Gasteiger partial charge >= 0.3 is 0 Å². The highest BCUT2D eigenvalue weighted by atomic mass is 16.5. The molecular formula is C19H25N3O2. The first kappa shape index (κ1) is 17.9. The fourth-order valence-electron chi connectivity index (χ4n) is 2.81. The molecule has 0 unspecified atom stereocenters. The molecule has 0 N–H and O–H groups in total. The lowest BCUT2D eigenvalue weighted by molar-refractivity contribution is 0.400. The van der Waals surface area contributed by atoms with E-state index < -0.39 is 0 Å². The molecule has 0 amide bonds.